The number of nitrogens with two attached hydrogens (primary N) is 2. The Morgan fingerprint density at radius 2 is 0.899 bits per heavy atom. The number of aliphatic carboxylic acids is 1. The Morgan fingerprint density at radius 3 is 1.29 bits per heavy atom. The Labute approximate surface area is 403 Å². The van der Waals surface area contributed by atoms with Crippen molar-refractivity contribution in [3.8, 4) is 0 Å². The fourth-order valence-electron chi connectivity index (χ4n) is 7.22. The summed E-state index contributed by atoms with van der Waals surface area (Å²) in [6.45, 7) is 15.7. The van der Waals surface area contributed by atoms with Gasteiger partial charge in [-0.15, -0.1) is 0 Å². The molecule has 14 N–H and O–H groups in total. The van der Waals surface area contributed by atoms with Gasteiger partial charge >= 0.3 is 5.97 Å². The summed E-state index contributed by atoms with van der Waals surface area (Å²) in [4.78, 5) is 128. The highest BCUT2D eigenvalue weighted by atomic mass is 16.4. The van der Waals surface area contributed by atoms with Crippen molar-refractivity contribution in [1.29, 1.82) is 0 Å². The fourth-order valence-corrected chi connectivity index (χ4v) is 7.22. The number of amides is 8. The first kappa shape index (κ1) is 58.7. The first-order valence-corrected chi connectivity index (χ1v) is 23.4. The van der Waals surface area contributed by atoms with Crippen LogP contribution in [-0.2, 0) is 56.0 Å². The summed E-state index contributed by atoms with van der Waals surface area (Å²) in [5.41, 5.74) is 12.5. The summed E-state index contributed by atoms with van der Waals surface area (Å²) in [5, 5.41) is 37.8. The van der Waals surface area contributed by atoms with E-state index in [4.69, 9.17) is 11.5 Å². The molecular formula is C47H75N11O11. The van der Waals surface area contributed by atoms with E-state index >= 15 is 0 Å². The van der Waals surface area contributed by atoms with Crippen molar-refractivity contribution in [3.63, 3.8) is 0 Å². The Bertz CT molecular complexity index is 2010. The normalized spacial score (nSPS) is 15.3. The largest absolute Gasteiger partial charge is 0.480 e. The van der Waals surface area contributed by atoms with Gasteiger partial charge in [0.15, 0.2) is 0 Å². The van der Waals surface area contributed by atoms with Gasteiger partial charge in [-0.3, -0.25) is 38.4 Å². The van der Waals surface area contributed by atoms with Crippen molar-refractivity contribution in [2.75, 3.05) is 0 Å². The number of carboxylic acids is 1. The highest BCUT2D eigenvalue weighted by Crippen LogP contribution is 2.14. The number of nitrogens with one attached hydrogen (secondary N) is 8. The van der Waals surface area contributed by atoms with Crippen molar-refractivity contribution >= 4 is 53.2 Å². The average molecular weight is 970 g/mol. The zero-order valence-electron chi connectivity index (χ0n) is 41.2. The topological polar surface area (TPSA) is 359 Å². The van der Waals surface area contributed by atoms with Crippen LogP contribution in [0.25, 0.3) is 0 Å². The van der Waals surface area contributed by atoms with E-state index in [9.17, 15) is 53.4 Å². The molecule has 0 saturated carbocycles. The van der Waals surface area contributed by atoms with Crippen LogP contribution in [-0.4, -0.2) is 128 Å². The van der Waals surface area contributed by atoms with Crippen LogP contribution in [0.4, 0.5) is 0 Å². The summed E-state index contributed by atoms with van der Waals surface area (Å²) in [7, 11) is 0. The van der Waals surface area contributed by atoms with E-state index in [0.29, 0.717) is 11.3 Å². The molecule has 0 saturated heterocycles. The van der Waals surface area contributed by atoms with Crippen LogP contribution in [0.1, 0.15) is 106 Å². The predicted octanol–water partition coefficient (Wildman–Crippen LogP) is -0.559. The first-order chi connectivity index (χ1) is 32.3. The second-order valence-electron chi connectivity index (χ2n) is 19.2. The molecule has 0 unspecified atom stereocenters. The third kappa shape index (κ3) is 21.6. The Morgan fingerprint density at radius 1 is 0.536 bits per heavy atom. The second-order valence-corrected chi connectivity index (χ2v) is 19.2. The van der Waals surface area contributed by atoms with Crippen LogP contribution in [0.15, 0.2) is 42.9 Å². The fraction of sp³-hybridized carbons (Fsp3) is 0.617. The lowest BCUT2D eigenvalue weighted by Gasteiger charge is -2.29. The van der Waals surface area contributed by atoms with Gasteiger partial charge in [-0.05, 0) is 61.8 Å². The number of carbonyl (C=O) groups excluding carboxylic acids is 8. The number of carboxylic acid groups (broad SMARTS) is 1. The number of carbonyl (C=O) groups is 9. The third-order valence-corrected chi connectivity index (χ3v) is 10.7. The third-order valence-electron chi connectivity index (χ3n) is 10.7. The van der Waals surface area contributed by atoms with Gasteiger partial charge in [-0.2, -0.15) is 0 Å². The monoisotopic (exact) mass is 970 g/mol. The lowest BCUT2D eigenvalue weighted by Crippen LogP contribution is -2.61. The lowest BCUT2D eigenvalue weighted by molar-refractivity contribution is -0.143. The molecule has 8 amide bonds. The van der Waals surface area contributed by atoms with Crippen molar-refractivity contribution in [2.24, 2.45) is 35.1 Å². The molecule has 2 rings (SSSR count). The minimum atomic E-state index is -1.68. The quantitative estimate of drug-likeness (QED) is 0.0468. The number of hydrogen-bond donors (Lipinski definition) is 12. The van der Waals surface area contributed by atoms with Gasteiger partial charge < -0.3 is 63.9 Å². The van der Waals surface area contributed by atoms with Gasteiger partial charge in [0, 0.05) is 24.7 Å². The molecule has 0 aliphatic carbocycles. The highest BCUT2D eigenvalue weighted by Gasteiger charge is 2.36. The number of hydrogen-bond acceptors (Lipinski definition) is 12. The minimum Gasteiger partial charge on any atom is -0.480 e. The molecule has 0 fully saturated rings. The number of imidazole rings is 1. The summed E-state index contributed by atoms with van der Waals surface area (Å²) in [6, 6.07) is -2.00. The number of H-pyrrole nitrogens is 1. The summed E-state index contributed by atoms with van der Waals surface area (Å²) in [6.07, 6.45) is 0.929. The Kier molecular flexibility index (Phi) is 24.5. The molecule has 0 radical (unpaired) electrons. The molecule has 1 heterocycles. The molecule has 0 spiro atoms. The number of aliphatic hydroxyl groups is 1. The van der Waals surface area contributed by atoms with Crippen LogP contribution < -0.4 is 48.7 Å². The maximum atomic E-state index is 14.2. The molecule has 22 nitrogen and oxygen atoms in total. The zero-order valence-corrected chi connectivity index (χ0v) is 41.2. The predicted molar refractivity (Wildman–Crippen MR) is 255 cm³/mol. The van der Waals surface area contributed by atoms with Crippen molar-refractivity contribution in [3.05, 3.63) is 54.1 Å². The lowest BCUT2D eigenvalue weighted by atomic mass is 9.98. The van der Waals surface area contributed by atoms with Crippen molar-refractivity contribution in [2.45, 2.75) is 162 Å². The standard InChI is InChI=1S/C47H75N11O11/c1-24(2)15-31(40(61)52-33(17-26(5)6)42(63)58-37(47(68)69)18-27(7)8)54-45(66)36(21-38(48)60)56-44(65)35(20-30-22-50-23-51-30)55-41(62)32(16-25(3)4)53-43(64)34(19-29-13-11-10-12-14-29)57-46(67)39(49)28(9)59/h10-14,22-28,31-37,39,59H,15-21,49H2,1-9H3,(H2,48,60)(H,50,51)(H,52,61)(H,53,64)(H,54,66)(H,55,62)(H,56,65)(H,57,67)(H,58,63)(H,68,69)/t28-,31+,32+,33+,34+,35+,36+,37+,39+/m1/s1. The first-order valence-electron chi connectivity index (χ1n) is 23.4. The van der Waals surface area contributed by atoms with E-state index in [1.807, 2.05) is 13.8 Å². The average Bonchev–Trinajstić information content (AvgIpc) is 3.77. The molecule has 69 heavy (non-hydrogen) atoms. The molecule has 22 heteroatoms. The number of aromatic amines is 1. The van der Waals surface area contributed by atoms with Gasteiger partial charge in [0.2, 0.25) is 47.3 Å². The van der Waals surface area contributed by atoms with Crippen molar-refractivity contribution < 1.29 is 53.4 Å². The van der Waals surface area contributed by atoms with Crippen LogP contribution in [0.5, 0.6) is 0 Å². The second kappa shape index (κ2) is 28.8. The number of aromatic nitrogens is 2. The zero-order chi connectivity index (χ0) is 52.1. The van der Waals surface area contributed by atoms with Gasteiger partial charge in [0.25, 0.3) is 0 Å². The van der Waals surface area contributed by atoms with Crippen LogP contribution >= 0.6 is 0 Å². The van der Waals surface area contributed by atoms with E-state index in [2.05, 4.69) is 47.2 Å². The summed E-state index contributed by atoms with van der Waals surface area (Å²) >= 11 is 0. The van der Waals surface area contributed by atoms with E-state index < -0.39 is 114 Å². The number of primary amides is 1. The molecule has 0 aliphatic rings. The number of benzene rings is 1. The smallest absolute Gasteiger partial charge is 0.326 e. The van der Waals surface area contributed by atoms with Gasteiger partial charge in [-0.1, -0.05) is 85.7 Å². The molecule has 9 atom stereocenters. The number of aliphatic hydroxyl groups excluding tert-OH is 1. The van der Waals surface area contributed by atoms with E-state index in [1.54, 1.807) is 71.9 Å². The SMILES string of the molecule is CC(C)C[C@H](NC(=O)[C@H](CC(C)C)NC(=O)[C@H](CC(C)C)NC(=O)[C@H](CC(N)=O)NC(=O)[C@H](Cc1cnc[nH]1)NC(=O)[C@H](CC(C)C)NC(=O)[C@H](Cc1ccccc1)NC(=O)[C@@H](N)[C@@H](C)O)C(=O)O. The maximum Gasteiger partial charge on any atom is 0.326 e. The van der Waals surface area contributed by atoms with Gasteiger partial charge in [0.1, 0.15) is 48.3 Å². The van der Waals surface area contributed by atoms with E-state index in [1.165, 1.54) is 19.4 Å². The molecule has 2 aromatic rings. The van der Waals surface area contributed by atoms with E-state index in [0.717, 1.165) is 0 Å². The Balaban J connectivity index is 2.44. The molecule has 384 valence electrons. The molecule has 0 bridgehead atoms. The molecule has 1 aromatic carbocycles. The highest BCUT2D eigenvalue weighted by molar-refractivity contribution is 5.99. The molecule has 1 aromatic heterocycles. The number of nitrogens with zero attached hydrogens (tertiary/aromatic N) is 1. The van der Waals surface area contributed by atoms with Crippen LogP contribution in [0, 0.1) is 23.7 Å². The van der Waals surface area contributed by atoms with Gasteiger partial charge in [0.05, 0.1) is 18.9 Å². The Hall–Kier alpha value is -6.42. The van der Waals surface area contributed by atoms with Crippen LogP contribution in [0.3, 0.4) is 0 Å². The van der Waals surface area contributed by atoms with E-state index in [-0.39, 0.29) is 62.2 Å². The maximum absolute atomic E-state index is 14.2. The molecular weight excluding hydrogens is 895 g/mol. The molecule has 0 aliphatic heterocycles. The van der Waals surface area contributed by atoms with Gasteiger partial charge in [-0.25, -0.2) is 9.78 Å². The van der Waals surface area contributed by atoms with Crippen LogP contribution in [0.2, 0.25) is 0 Å². The minimum absolute atomic E-state index is 0.00563. The summed E-state index contributed by atoms with van der Waals surface area (Å²) in [5.74, 6) is -8.65. The number of rotatable bonds is 30. The summed E-state index contributed by atoms with van der Waals surface area (Å²) < 4.78 is 0. The van der Waals surface area contributed by atoms with Crippen molar-refractivity contribution in [1.82, 2.24) is 47.2 Å².